The zero-order chi connectivity index (χ0) is 11.4. The number of aliphatic hydroxyl groups is 6. The Bertz CT molecular complexity index is 185. The van der Waals surface area contributed by atoms with Crippen molar-refractivity contribution in [3.8, 4) is 0 Å². The van der Waals surface area contributed by atoms with Crippen LogP contribution in [0, 0.1) is 0 Å². The Labute approximate surface area is 79.9 Å². The van der Waals surface area contributed by atoms with Gasteiger partial charge in [-0.25, -0.2) is 0 Å². The molecule has 0 aromatic rings. The van der Waals surface area contributed by atoms with Crippen LogP contribution in [0.25, 0.3) is 0 Å². The quantitative estimate of drug-likeness (QED) is 0.245. The summed E-state index contributed by atoms with van der Waals surface area (Å²) in [5.74, 6) is 0. The van der Waals surface area contributed by atoms with Gasteiger partial charge in [0, 0.05) is 0 Å². The number of carbonyl (C=O) groups is 1. The predicted octanol–water partition coefficient (Wildman–Crippen LogP) is -4.02. The maximum atomic E-state index is 10.3. The molecule has 0 amide bonds. The summed E-state index contributed by atoms with van der Waals surface area (Å²) in [6.07, 6.45) is -5.86. The van der Waals surface area contributed by atoms with Gasteiger partial charge in [0.15, 0.2) is 11.9 Å². The molecule has 0 rings (SSSR count). The second-order valence-electron chi connectivity index (χ2n) is 2.95. The van der Waals surface area contributed by atoms with Crippen LogP contribution in [0.15, 0.2) is 0 Å². The normalized spacial score (nSPS) is 22.1. The molecule has 4 unspecified atom stereocenters. The Morgan fingerprint density at radius 1 is 1.21 bits per heavy atom. The smallest absolute Gasteiger partial charge is 0.171 e. The van der Waals surface area contributed by atoms with Crippen molar-refractivity contribution >= 4 is 6.29 Å². The summed E-state index contributed by atoms with van der Waals surface area (Å²) in [7, 11) is 0. The van der Waals surface area contributed by atoms with Crippen molar-refractivity contribution in [3.63, 3.8) is 0 Å². The Balaban J connectivity index is 4.57. The van der Waals surface area contributed by atoms with E-state index in [0.717, 1.165) is 0 Å². The Kier molecular flexibility index (Phi) is 5.13. The molecule has 0 aromatic carbocycles. The molecule has 0 aliphatic carbocycles. The molecule has 7 heteroatoms. The molecule has 0 radical (unpaired) electrons. The second-order valence-corrected chi connectivity index (χ2v) is 2.95. The molecular weight excluding hydrogens is 196 g/mol. The van der Waals surface area contributed by atoms with Crippen LogP contribution in [0.1, 0.15) is 0 Å². The lowest BCUT2D eigenvalue weighted by molar-refractivity contribution is -0.173. The fraction of sp³-hybridized carbons (Fsp3) is 0.857. The summed E-state index contributed by atoms with van der Waals surface area (Å²) in [5, 5.41) is 53.3. The van der Waals surface area contributed by atoms with Crippen molar-refractivity contribution in [1.82, 2.24) is 0 Å². The molecule has 0 spiro atoms. The number of aliphatic hydroxyl groups excluding tert-OH is 5. The number of aldehydes is 1. The molecule has 0 aliphatic rings. The SMILES string of the molecule is O=CC(O)(CO)C(O)C(O)C(O)CO. The average molecular weight is 210 g/mol. The summed E-state index contributed by atoms with van der Waals surface area (Å²) >= 11 is 0. The molecule has 14 heavy (non-hydrogen) atoms. The first-order valence-electron chi connectivity index (χ1n) is 3.87. The van der Waals surface area contributed by atoms with Crippen LogP contribution in [0.5, 0.6) is 0 Å². The van der Waals surface area contributed by atoms with Crippen molar-refractivity contribution in [2.75, 3.05) is 13.2 Å². The molecule has 4 atom stereocenters. The Morgan fingerprint density at radius 2 is 1.71 bits per heavy atom. The third kappa shape index (κ3) is 2.71. The average Bonchev–Trinajstić information content (AvgIpc) is 2.24. The van der Waals surface area contributed by atoms with Crippen LogP contribution in [-0.2, 0) is 4.79 Å². The number of hydrogen-bond donors (Lipinski definition) is 6. The van der Waals surface area contributed by atoms with Gasteiger partial charge in [-0.1, -0.05) is 0 Å². The monoisotopic (exact) mass is 210 g/mol. The van der Waals surface area contributed by atoms with E-state index in [1.807, 2.05) is 0 Å². The van der Waals surface area contributed by atoms with Gasteiger partial charge in [-0.05, 0) is 0 Å². The van der Waals surface area contributed by atoms with Crippen molar-refractivity contribution in [2.45, 2.75) is 23.9 Å². The van der Waals surface area contributed by atoms with E-state index in [9.17, 15) is 15.0 Å². The number of hydrogen-bond acceptors (Lipinski definition) is 7. The molecule has 0 heterocycles. The Hall–Kier alpha value is -0.570. The minimum Gasteiger partial charge on any atom is -0.394 e. The van der Waals surface area contributed by atoms with Crippen molar-refractivity contribution in [2.24, 2.45) is 0 Å². The highest BCUT2D eigenvalue weighted by atomic mass is 16.4. The summed E-state index contributed by atoms with van der Waals surface area (Å²) in [5.41, 5.74) is -2.55. The van der Waals surface area contributed by atoms with Crippen LogP contribution in [0.4, 0.5) is 0 Å². The second kappa shape index (κ2) is 5.35. The fourth-order valence-corrected chi connectivity index (χ4v) is 0.815. The highest BCUT2D eigenvalue weighted by molar-refractivity contribution is 5.63. The highest BCUT2D eigenvalue weighted by Gasteiger charge is 2.41. The first kappa shape index (κ1) is 13.4. The molecular formula is C7H14O7. The lowest BCUT2D eigenvalue weighted by Crippen LogP contribution is -2.56. The van der Waals surface area contributed by atoms with Crippen LogP contribution in [-0.4, -0.2) is 74.1 Å². The maximum absolute atomic E-state index is 10.3. The number of carbonyl (C=O) groups excluding carboxylic acids is 1. The van der Waals surface area contributed by atoms with Crippen molar-refractivity contribution in [1.29, 1.82) is 0 Å². The van der Waals surface area contributed by atoms with Crippen LogP contribution in [0.3, 0.4) is 0 Å². The van der Waals surface area contributed by atoms with Crippen molar-refractivity contribution in [3.05, 3.63) is 0 Å². The van der Waals surface area contributed by atoms with Gasteiger partial charge < -0.3 is 30.6 Å². The Morgan fingerprint density at radius 3 is 2.00 bits per heavy atom. The summed E-state index contributed by atoms with van der Waals surface area (Å²) in [4.78, 5) is 10.3. The van der Waals surface area contributed by atoms with Gasteiger partial charge in [-0.3, -0.25) is 4.79 Å². The minimum atomic E-state index is -2.55. The maximum Gasteiger partial charge on any atom is 0.171 e. The molecule has 7 nitrogen and oxygen atoms in total. The molecule has 0 aliphatic heterocycles. The molecule has 0 aromatic heterocycles. The van der Waals surface area contributed by atoms with Gasteiger partial charge in [0.25, 0.3) is 0 Å². The van der Waals surface area contributed by atoms with E-state index in [0.29, 0.717) is 0 Å². The highest BCUT2D eigenvalue weighted by Crippen LogP contribution is 2.13. The van der Waals surface area contributed by atoms with Gasteiger partial charge in [-0.15, -0.1) is 0 Å². The molecule has 0 saturated heterocycles. The molecule has 84 valence electrons. The zero-order valence-electron chi connectivity index (χ0n) is 7.32. The third-order valence-electron chi connectivity index (χ3n) is 1.87. The van der Waals surface area contributed by atoms with E-state index in [-0.39, 0.29) is 6.29 Å². The lowest BCUT2D eigenvalue weighted by atomic mass is 9.92. The van der Waals surface area contributed by atoms with E-state index in [2.05, 4.69) is 0 Å². The van der Waals surface area contributed by atoms with E-state index < -0.39 is 37.1 Å². The van der Waals surface area contributed by atoms with Crippen LogP contribution in [0.2, 0.25) is 0 Å². The third-order valence-corrected chi connectivity index (χ3v) is 1.87. The number of rotatable bonds is 6. The van der Waals surface area contributed by atoms with Gasteiger partial charge in [-0.2, -0.15) is 0 Å². The minimum absolute atomic E-state index is 0.148. The van der Waals surface area contributed by atoms with Gasteiger partial charge in [0.05, 0.1) is 13.2 Å². The lowest BCUT2D eigenvalue weighted by Gasteiger charge is -2.30. The summed E-state index contributed by atoms with van der Waals surface area (Å²) in [6, 6.07) is 0. The first-order chi connectivity index (χ1) is 6.42. The van der Waals surface area contributed by atoms with Gasteiger partial charge in [0.2, 0.25) is 0 Å². The van der Waals surface area contributed by atoms with Gasteiger partial charge >= 0.3 is 0 Å². The summed E-state index contributed by atoms with van der Waals surface area (Å²) in [6.45, 7) is -1.95. The molecule has 0 saturated carbocycles. The van der Waals surface area contributed by atoms with E-state index in [1.54, 1.807) is 0 Å². The fourth-order valence-electron chi connectivity index (χ4n) is 0.815. The van der Waals surface area contributed by atoms with Crippen molar-refractivity contribution < 1.29 is 35.4 Å². The van der Waals surface area contributed by atoms with Crippen LogP contribution < -0.4 is 0 Å². The topological polar surface area (TPSA) is 138 Å². The summed E-state index contributed by atoms with van der Waals surface area (Å²) < 4.78 is 0. The van der Waals surface area contributed by atoms with E-state index in [4.69, 9.17) is 20.4 Å². The predicted molar refractivity (Wildman–Crippen MR) is 43.2 cm³/mol. The molecule has 0 bridgehead atoms. The van der Waals surface area contributed by atoms with E-state index in [1.165, 1.54) is 0 Å². The standard InChI is InChI=1S/C7H14O7/c8-1-4(11)5(12)6(13)7(14,2-9)3-10/h2,4-6,8,10-14H,1,3H2. The molecule has 0 fully saturated rings. The largest absolute Gasteiger partial charge is 0.394 e. The molecule has 6 N–H and O–H groups in total. The van der Waals surface area contributed by atoms with Crippen LogP contribution >= 0.6 is 0 Å². The zero-order valence-corrected chi connectivity index (χ0v) is 7.32. The van der Waals surface area contributed by atoms with Gasteiger partial charge in [0.1, 0.15) is 18.3 Å². The van der Waals surface area contributed by atoms with E-state index >= 15 is 0 Å². The first-order valence-corrected chi connectivity index (χ1v) is 3.87.